The van der Waals surface area contributed by atoms with Gasteiger partial charge in [-0.15, -0.1) is 22.7 Å². The minimum atomic E-state index is 1.04. The van der Waals surface area contributed by atoms with Crippen LogP contribution in [-0.2, 0) is 0 Å². The van der Waals surface area contributed by atoms with E-state index in [0.717, 1.165) is 47.7 Å². The molecule has 5 rings (SSSR count). The molecule has 27 heavy (non-hydrogen) atoms. The van der Waals surface area contributed by atoms with E-state index in [1.54, 1.807) is 22.7 Å². The maximum Gasteiger partial charge on any atom is 0.125 e. The molecule has 0 saturated carbocycles. The Bertz CT molecular complexity index is 1140. The summed E-state index contributed by atoms with van der Waals surface area (Å²) >= 11 is 3.46. The summed E-state index contributed by atoms with van der Waals surface area (Å²) in [6, 6.07) is 10.7. The molecular weight excluding hydrogens is 372 g/mol. The minimum Gasteiger partial charge on any atom is -0.355 e. The highest BCUT2D eigenvalue weighted by Gasteiger charge is 2.14. The molecule has 0 radical (unpaired) electrons. The Morgan fingerprint density at radius 1 is 1.11 bits per heavy atom. The number of pyridine rings is 1. The topological polar surface area (TPSA) is 41.0 Å². The number of thiophene rings is 1. The highest BCUT2D eigenvalue weighted by Crippen LogP contribution is 2.36. The van der Waals surface area contributed by atoms with Crippen molar-refractivity contribution in [1.82, 2.24) is 14.9 Å². The third kappa shape index (κ3) is 3.36. The Morgan fingerprint density at radius 3 is 3.04 bits per heavy atom. The summed E-state index contributed by atoms with van der Waals surface area (Å²) in [6.45, 7) is 2.25. The summed E-state index contributed by atoms with van der Waals surface area (Å²) in [7, 11) is 2.20. The second kappa shape index (κ2) is 7.03. The first-order valence-electron chi connectivity index (χ1n) is 9.13. The SMILES string of the molecule is CN1CCC=C(c2cc3c(Nc4ccc5scnc5c4)ccnc3s2)CC1. The standard InChI is InChI=1S/C21H20N4S2/c1-25-9-2-3-14(7-10-25)20-12-16-17(6-8-22-21(16)27-20)24-15-4-5-19-18(11-15)23-13-26-19/h3-6,8,11-13H,2,7,9-10H2,1H3,(H,22,24). The lowest BCUT2D eigenvalue weighted by Gasteiger charge is -2.11. The molecule has 4 aromatic rings. The molecule has 6 heteroatoms. The van der Waals surface area contributed by atoms with Crippen LogP contribution in [0.15, 0.2) is 48.1 Å². The van der Waals surface area contributed by atoms with Gasteiger partial charge in [0.15, 0.2) is 0 Å². The van der Waals surface area contributed by atoms with Gasteiger partial charge in [0.25, 0.3) is 0 Å². The van der Waals surface area contributed by atoms with E-state index in [9.17, 15) is 0 Å². The molecule has 0 atom stereocenters. The summed E-state index contributed by atoms with van der Waals surface area (Å²) in [4.78, 5) is 13.9. The molecule has 0 unspecified atom stereocenters. The minimum absolute atomic E-state index is 1.04. The van der Waals surface area contributed by atoms with Crippen LogP contribution < -0.4 is 5.32 Å². The molecule has 1 aromatic carbocycles. The van der Waals surface area contributed by atoms with Crippen molar-refractivity contribution in [1.29, 1.82) is 0 Å². The highest BCUT2D eigenvalue weighted by atomic mass is 32.1. The number of thiazole rings is 1. The number of rotatable bonds is 3. The lowest BCUT2D eigenvalue weighted by molar-refractivity contribution is 0.355. The average molecular weight is 393 g/mol. The van der Waals surface area contributed by atoms with Gasteiger partial charge in [-0.05, 0) is 55.8 Å². The van der Waals surface area contributed by atoms with Crippen LogP contribution in [0, 0.1) is 0 Å². The molecular formula is C21H20N4S2. The van der Waals surface area contributed by atoms with Crippen molar-refractivity contribution >= 4 is 60.1 Å². The number of benzene rings is 1. The molecule has 1 aliphatic rings. The molecule has 3 aromatic heterocycles. The van der Waals surface area contributed by atoms with Crippen LogP contribution in [0.25, 0.3) is 26.0 Å². The molecule has 0 bridgehead atoms. The first kappa shape index (κ1) is 16.9. The molecule has 4 nitrogen and oxygen atoms in total. The summed E-state index contributed by atoms with van der Waals surface area (Å²) in [5, 5.41) is 4.76. The molecule has 0 amide bonds. The van der Waals surface area contributed by atoms with Crippen molar-refractivity contribution in [3.63, 3.8) is 0 Å². The van der Waals surface area contributed by atoms with Crippen LogP contribution in [-0.4, -0.2) is 35.0 Å². The fourth-order valence-electron chi connectivity index (χ4n) is 3.51. The quantitative estimate of drug-likeness (QED) is 0.481. The number of anilines is 2. The van der Waals surface area contributed by atoms with Gasteiger partial charge in [-0.25, -0.2) is 9.97 Å². The van der Waals surface area contributed by atoms with Gasteiger partial charge in [-0.1, -0.05) is 6.08 Å². The van der Waals surface area contributed by atoms with E-state index >= 15 is 0 Å². The van der Waals surface area contributed by atoms with E-state index in [2.05, 4.69) is 63.6 Å². The Morgan fingerprint density at radius 2 is 2.07 bits per heavy atom. The van der Waals surface area contributed by atoms with Gasteiger partial charge >= 0.3 is 0 Å². The summed E-state index contributed by atoms with van der Waals surface area (Å²) in [5.74, 6) is 0. The first-order chi connectivity index (χ1) is 13.3. The lowest BCUT2D eigenvalue weighted by Crippen LogP contribution is -2.18. The number of fused-ring (bicyclic) bond motifs is 2. The Kier molecular flexibility index (Phi) is 4.39. The Hall–Kier alpha value is -2.28. The van der Waals surface area contributed by atoms with Crippen molar-refractivity contribution in [2.45, 2.75) is 12.8 Å². The molecule has 1 N–H and O–H groups in total. The van der Waals surface area contributed by atoms with Crippen LogP contribution in [0.5, 0.6) is 0 Å². The highest BCUT2D eigenvalue weighted by molar-refractivity contribution is 7.19. The van der Waals surface area contributed by atoms with E-state index in [-0.39, 0.29) is 0 Å². The van der Waals surface area contributed by atoms with Crippen molar-refractivity contribution in [2.24, 2.45) is 0 Å². The maximum absolute atomic E-state index is 4.61. The van der Waals surface area contributed by atoms with Crippen molar-refractivity contribution in [3.8, 4) is 0 Å². The zero-order valence-corrected chi connectivity index (χ0v) is 16.7. The molecule has 136 valence electrons. The van der Waals surface area contributed by atoms with Gasteiger partial charge in [-0.3, -0.25) is 0 Å². The van der Waals surface area contributed by atoms with Crippen LogP contribution in [0.2, 0.25) is 0 Å². The van der Waals surface area contributed by atoms with Gasteiger partial charge in [0, 0.05) is 35.2 Å². The molecule has 0 spiro atoms. The van der Waals surface area contributed by atoms with Crippen LogP contribution >= 0.6 is 22.7 Å². The van der Waals surface area contributed by atoms with Gasteiger partial charge in [0.05, 0.1) is 21.4 Å². The molecule has 0 fully saturated rings. The first-order valence-corrected chi connectivity index (χ1v) is 10.8. The van der Waals surface area contributed by atoms with E-state index in [0.29, 0.717) is 0 Å². The third-order valence-corrected chi connectivity index (χ3v) is 6.95. The number of nitrogens with zero attached hydrogens (tertiary/aromatic N) is 3. The van der Waals surface area contributed by atoms with Crippen molar-refractivity contribution in [3.05, 3.63) is 53.0 Å². The third-order valence-electron chi connectivity index (χ3n) is 5.03. The molecule has 1 aliphatic heterocycles. The lowest BCUT2D eigenvalue weighted by atomic mass is 10.1. The number of nitrogens with one attached hydrogen (secondary N) is 1. The van der Waals surface area contributed by atoms with Gasteiger partial charge in [-0.2, -0.15) is 0 Å². The fourth-order valence-corrected chi connectivity index (χ4v) is 5.26. The van der Waals surface area contributed by atoms with E-state index in [1.165, 1.54) is 20.5 Å². The monoisotopic (exact) mass is 392 g/mol. The van der Waals surface area contributed by atoms with Crippen molar-refractivity contribution < 1.29 is 0 Å². The Balaban J connectivity index is 1.49. The summed E-state index contributed by atoms with van der Waals surface area (Å²) < 4.78 is 1.21. The van der Waals surface area contributed by atoms with Gasteiger partial charge < -0.3 is 10.2 Å². The van der Waals surface area contributed by atoms with Gasteiger partial charge in [0.1, 0.15) is 4.83 Å². The summed E-state index contributed by atoms with van der Waals surface area (Å²) in [6.07, 6.45) is 6.51. The van der Waals surface area contributed by atoms with E-state index < -0.39 is 0 Å². The van der Waals surface area contributed by atoms with E-state index in [4.69, 9.17) is 0 Å². The van der Waals surface area contributed by atoms with Crippen molar-refractivity contribution in [2.75, 3.05) is 25.5 Å². The average Bonchev–Trinajstić information content (AvgIpc) is 3.26. The fraction of sp³-hybridized carbons (Fsp3) is 0.238. The van der Waals surface area contributed by atoms with Crippen LogP contribution in [0.4, 0.5) is 11.4 Å². The van der Waals surface area contributed by atoms with Gasteiger partial charge in [0.2, 0.25) is 0 Å². The van der Waals surface area contributed by atoms with Crippen LogP contribution in [0.1, 0.15) is 17.7 Å². The normalized spacial score (nSPS) is 15.8. The predicted octanol–water partition coefficient (Wildman–Crippen LogP) is 5.76. The Labute approximate surface area is 166 Å². The molecule has 4 heterocycles. The smallest absolute Gasteiger partial charge is 0.125 e. The second-order valence-electron chi connectivity index (χ2n) is 6.92. The number of hydrogen-bond donors (Lipinski definition) is 1. The molecule has 0 aliphatic carbocycles. The maximum atomic E-state index is 4.61. The number of hydrogen-bond acceptors (Lipinski definition) is 6. The summed E-state index contributed by atoms with van der Waals surface area (Å²) in [5.41, 5.74) is 6.54. The van der Waals surface area contributed by atoms with Crippen LogP contribution in [0.3, 0.4) is 0 Å². The second-order valence-corrected chi connectivity index (χ2v) is 8.84. The zero-order chi connectivity index (χ0) is 18.2. The van der Waals surface area contributed by atoms with E-state index in [1.807, 2.05) is 11.7 Å². The predicted molar refractivity (Wildman–Crippen MR) is 117 cm³/mol. The largest absolute Gasteiger partial charge is 0.355 e. The zero-order valence-electron chi connectivity index (χ0n) is 15.1. The molecule has 0 saturated heterocycles. The number of aromatic nitrogens is 2.